The van der Waals surface area contributed by atoms with Crippen LogP contribution in [-0.4, -0.2) is 156 Å². The Labute approximate surface area is 333 Å². The van der Waals surface area contributed by atoms with E-state index in [0.717, 1.165) is 86.5 Å². The highest BCUT2D eigenvalue weighted by Crippen LogP contribution is 2.41. The van der Waals surface area contributed by atoms with Gasteiger partial charge in [0.05, 0.1) is 24.1 Å². The number of hydrogen-bond donors (Lipinski definition) is 2. The van der Waals surface area contributed by atoms with Crippen molar-refractivity contribution in [2.24, 2.45) is 9.98 Å². The number of methoxy groups -OCH3 is 1. The zero-order valence-electron chi connectivity index (χ0n) is 34.7. The van der Waals surface area contributed by atoms with Crippen molar-refractivity contribution in [2.45, 2.75) is 102 Å². The van der Waals surface area contributed by atoms with Crippen LogP contribution < -0.4 is 15.1 Å². The number of carbonyl (C=O) groups is 4. The van der Waals surface area contributed by atoms with Crippen LogP contribution in [0.1, 0.15) is 77.2 Å². The molecule has 2 unspecified atom stereocenters. The van der Waals surface area contributed by atoms with Gasteiger partial charge in [0, 0.05) is 84.8 Å². The van der Waals surface area contributed by atoms with E-state index in [0.29, 0.717) is 31.0 Å². The molecule has 0 aliphatic carbocycles. The number of benzene rings is 1. The molecule has 1 aromatic rings. The number of aryl methyl sites for hydroxylation is 1. The lowest BCUT2D eigenvalue weighted by Crippen LogP contribution is -2.51. The second-order valence-corrected chi connectivity index (χ2v) is 15.3. The van der Waals surface area contributed by atoms with E-state index in [4.69, 9.17) is 14.6 Å². The van der Waals surface area contributed by atoms with E-state index in [1.165, 1.54) is 37.1 Å². The summed E-state index contributed by atoms with van der Waals surface area (Å²) in [5.74, 6) is 0.186. The molecule has 0 aromatic heterocycles. The number of allylic oxidation sites excluding steroid dienone is 1. The molecule has 4 aliphatic rings. The van der Waals surface area contributed by atoms with Gasteiger partial charge in [0.2, 0.25) is 24.6 Å². The van der Waals surface area contributed by atoms with E-state index in [9.17, 15) is 19.2 Å². The fourth-order valence-corrected chi connectivity index (χ4v) is 8.19. The lowest BCUT2D eigenvalue weighted by atomic mass is 9.97. The molecule has 312 valence electrons. The van der Waals surface area contributed by atoms with E-state index in [-0.39, 0.29) is 24.6 Å². The Morgan fingerprint density at radius 2 is 1.82 bits per heavy atom. The van der Waals surface area contributed by atoms with Crippen LogP contribution in [0.5, 0.6) is 0 Å². The molecule has 0 spiro atoms. The third-order valence-corrected chi connectivity index (χ3v) is 11.2. The van der Waals surface area contributed by atoms with Crippen molar-refractivity contribution in [2.75, 3.05) is 84.7 Å². The van der Waals surface area contributed by atoms with Gasteiger partial charge >= 0.3 is 0 Å². The van der Waals surface area contributed by atoms with E-state index < -0.39 is 6.04 Å². The number of imide groups is 1. The molecule has 5 rings (SSSR count). The van der Waals surface area contributed by atoms with Gasteiger partial charge in [0.1, 0.15) is 18.6 Å². The molecule has 15 heteroatoms. The predicted molar refractivity (Wildman–Crippen MR) is 221 cm³/mol. The number of hydrogen-bond acceptors (Lipinski definition) is 12. The van der Waals surface area contributed by atoms with Gasteiger partial charge in [0.15, 0.2) is 0 Å². The third-order valence-electron chi connectivity index (χ3n) is 11.2. The molecule has 4 amide bonds. The summed E-state index contributed by atoms with van der Waals surface area (Å²) >= 11 is 0. The number of aliphatic hydroxyl groups is 1. The molecule has 4 heterocycles. The summed E-state index contributed by atoms with van der Waals surface area (Å²) in [6.45, 7) is 11.8. The number of anilines is 2. The molecular weight excluding hydrogens is 716 g/mol. The van der Waals surface area contributed by atoms with Crippen molar-refractivity contribution in [3.8, 4) is 0 Å². The number of piperidine rings is 2. The minimum Gasteiger partial charge on any atom is -0.383 e. The molecule has 0 bridgehead atoms. The summed E-state index contributed by atoms with van der Waals surface area (Å²) in [4.78, 5) is 63.5. The molecule has 3 atom stereocenters. The highest BCUT2D eigenvalue weighted by molar-refractivity contribution is 6.02. The molecule has 15 nitrogen and oxygen atoms in total. The number of aliphatic hydroxyl groups excluding tert-OH is 1. The van der Waals surface area contributed by atoms with Gasteiger partial charge in [-0.25, -0.2) is 4.99 Å². The Morgan fingerprint density at radius 1 is 1.09 bits per heavy atom. The number of likely N-dealkylation sites (tertiary alicyclic amines) is 1. The maximum Gasteiger partial charge on any atom is 0.249 e. The SMILES string of the molecule is C=N/C(=C(C)\C=N/CO)N(C)C.CN(C=O)c1c(CCCOC2CCN(C=O)CC2)cccc1N(C)C1CCC(=O)NC1=O.COCC1CC[C@]2(C)CCCN12. The second-order valence-electron chi connectivity index (χ2n) is 15.3. The van der Waals surface area contributed by atoms with Gasteiger partial charge in [-0.3, -0.25) is 34.4 Å². The van der Waals surface area contributed by atoms with Crippen LogP contribution in [0.15, 0.2) is 39.6 Å². The van der Waals surface area contributed by atoms with Crippen LogP contribution in [0.4, 0.5) is 11.4 Å². The summed E-state index contributed by atoms with van der Waals surface area (Å²) in [6.07, 6.45) is 12.8. The zero-order chi connectivity index (χ0) is 41.3. The predicted octanol–water partition coefficient (Wildman–Crippen LogP) is 3.24. The van der Waals surface area contributed by atoms with Crippen LogP contribution in [0.25, 0.3) is 0 Å². The van der Waals surface area contributed by atoms with Crippen molar-refractivity contribution in [1.29, 1.82) is 0 Å². The number of amides is 4. The first-order valence-corrected chi connectivity index (χ1v) is 19.7. The Morgan fingerprint density at radius 3 is 2.43 bits per heavy atom. The maximum atomic E-state index is 12.4. The highest BCUT2D eigenvalue weighted by atomic mass is 16.5. The van der Waals surface area contributed by atoms with Crippen molar-refractivity contribution in [3.05, 3.63) is 35.2 Å². The summed E-state index contributed by atoms with van der Waals surface area (Å²) in [5, 5.41) is 10.8. The third kappa shape index (κ3) is 12.9. The monoisotopic (exact) mass is 783 g/mol. The fraction of sp³-hybridized carbons (Fsp3) is 0.659. The Bertz CT molecular complexity index is 1510. The molecule has 0 saturated carbocycles. The molecule has 1 aromatic carbocycles. The van der Waals surface area contributed by atoms with Gasteiger partial charge in [0.25, 0.3) is 0 Å². The average molecular weight is 783 g/mol. The molecule has 4 fully saturated rings. The van der Waals surface area contributed by atoms with E-state index in [1.807, 2.05) is 63.2 Å². The number of ether oxygens (including phenoxy) is 2. The maximum absolute atomic E-state index is 12.4. The Balaban J connectivity index is 0.000000285. The molecule has 2 N–H and O–H groups in total. The number of para-hydroxylation sites is 1. The van der Waals surface area contributed by atoms with Gasteiger partial charge in [-0.1, -0.05) is 12.1 Å². The number of nitrogens with one attached hydrogen (secondary N) is 1. The number of rotatable bonds is 16. The summed E-state index contributed by atoms with van der Waals surface area (Å²) in [6, 6.07) is 6.04. The summed E-state index contributed by atoms with van der Waals surface area (Å²) in [7, 11) is 9.08. The normalized spacial score (nSPS) is 22.9. The van der Waals surface area contributed by atoms with Crippen molar-refractivity contribution < 1.29 is 33.8 Å². The first kappa shape index (κ1) is 46.2. The molecule has 4 saturated heterocycles. The zero-order valence-corrected chi connectivity index (χ0v) is 34.7. The largest absolute Gasteiger partial charge is 0.383 e. The van der Waals surface area contributed by atoms with E-state index >= 15 is 0 Å². The average Bonchev–Trinajstić information content (AvgIpc) is 3.72. The minimum absolute atomic E-state index is 0.174. The van der Waals surface area contributed by atoms with Crippen molar-refractivity contribution in [3.63, 3.8) is 0 Å². The minimum atomic E-state index is -0.470. The van der Waals surface area contributed by atoms with Crippen LogP contribution in [0, 0.1) is 0 Å². The van der Waals surface area contributed by atoms with Gasteiger partial charge in [-0.2, -0.15) is 0 Å². The number of fused-ring (bicyclic) bond motifs is 1. The van der Waals surface area contributed by atoms with Crippen LogP contribution in [0.3, 0.4) is 0 Å². The summed E-state index contributed by atoms with van der Waals surface area (Å²) in [5.41, 5.74) is 3.94. The highest BCUT2D eigenvalue weighted by Gasteiger charge is 2.45. The van der Waals surface area contributed by atoms with Crippen LogP contribution in [0.2, 0.25) is 0 Å². The second kappa shape index (κ2) is 23.1. The standard InChI is InChI=1S/C23H32N4O5.C10H19NO.C8H15N3O/c1-25(15-28)22-17(6-4-14-32-18-10-12-27(16-29)13-11-18)5-3-7-19(22)26(2)20-8-9-21(30)24-23(20)31;1-10-5-3-7-11(10)9(4-6-10)8-12-2;1-7(5-10-6-12)8(9-2)11(3)4/h3,5,7,15-16,18,20H,4,6,8-14H2,1-2H3,(H,24,30,31);9H,3-8H2,1-2H3;5,12H,2,6H2,1,3-4H3/b;;8-7+,10-5-/t;9?,10-;/m.0./s1. The first-order valence-electron chi connectivity index (χ1n) is 19.7. The molecule has 0 radical (unpaired) electrons. The van der Waals surface area contributed by atoms with Crippen LogP contribution >= 0.6 is 0 Å². The molecule has 4 aliphatic heterocycles. The Hall–Kier alpha value is -4.18. The number of aliphatic imine (C=N–C) groups is 2. The van der Waals surface area contributed by atoms with Gasteiger partial charge in [-0.05, 0) is 96.5 Å². The summed E-state index contributed by atoms with van der Waals surface area (Å²) < 4.78 is 11.2. The van der Waals surface area contributed by atoms with Gasteiger partial charge < -0.3 is 34.2 Å². The fourth-order valence-electron chi connectivity index (χ4n) is 8.19. The molecule has 56 heavy (non-hydrogen) atoms. The smallest absolute Gasteiger partial charge is 0.249 e. The first-order chi connectivity index (χ1) is 26.8. The van der Waals surface area contributed by atoms with Crippen molar-refractivity contribution >= 4 is 48.9 Å². The van der Waals surface area contributed by atoms with Crippen LogP contribution in [-0.2, 0) is 35.1 Å². The lowest BCUT2D eigenvalue weighted by Gasteiger charge is -2.34. The van der Waals surface area contributed by atoms with Gasteiger partial charge in [-0.15, -0.1) is 0 Å². The van der Waals surface area contributed by atoms with Crippen molar-refractivity contribution in [1.82, 2.24) is 20.0 Å². The topological polar surface area (TPSA) is 160 Å². The lowest BCUT2D eigenvalue weighted by molar-refractivity contribution is -0.134. The number of nitrogens with zero attached hydrogens (tertiary/aromatic N) is 7. The Kier molecular flexibility index (Phi) is 19.1. The number of carbonyl (C=O) groups excluding carboxylic acids is 4. The van der Waals surface area contributed by atoms with E-state index in [1.54, 1.807) is 18.2 Å². The number of likely N-dealkylation sites (N-methyl/N-ethyl adjacent to an activating group) is 1. The molecular formula is C41H66N8O7. The van der Waals surface area contributed by atoms with E-state index in [2.05, 4.69) is 33.8 Å². The quantitative estimate of drug-likeness (QED) is 0.110.